The van der Waals surface area contributed by atoms with Crippen LogP contribution in [0, 0.1) is 19.7 Å². The van der Waals surface area contributed by atoms with Crippen LogP contribution in [0.2, 0.25) is 0 Å². The minimum absolute atomic E-state index is 0.181. The van der Waals surface area contributed by atoms with E-state index in [1.807, 2.05) is 6.92 Å². The Morgan fingerprint density at radius 2 is 2.19 bits per heavy atom. The molecule has 4 heteroatoms. The third-order valence-corrected chi connectivity index (χ3v) is 2.37. The van der Waals surface area contributed by atoms with E-state index in [9.17, 15) is 4.39 Å². The van der Waals surface area contributed by atoms with Crippen LogP contribution in [0.25, 0.3) is 0 Å². The van der Waals surface area contributed by atoms with E-state index in [1.165, 1.54) is 6.07 Å². The van der Waals surface area contributed by atoms with Crippen LogP contribution in [0.4, 0.5) is 10.1 Å². The first-order valence-corrected chi connectivity index (χ1v) is 5.15. The minimum atomic E-state index is -0.181. The summed E-state index contributed by atoms with van der Waals surface area (Å²) in [6.07, 6.45) is 1.78. The number of H-pyrrole nitrogens is 1. The Labute approximate surface area is 93.7 Å². The van der Waals surface area contributed by atoms with Crippen molar-refractivity contribution >= 4 is 5.69 Å². The van der Waals surface area contributed by atoms with Gasteiger partial charge in [-0.1, -0.05) is 0 Å². The number of anilines is 1. The van der Waals surface area contributed by atoms with Crippen molar-refractivity contribution in [2.45, 2.75) is 20.4 Å². The molecular formula is C12H14FN3. The summed E-state index contributed by atoms with van der Waals surface area (Å²) in [7, 11) is 0. The van der Waals surface area contributed by atoms with Crippen molar-refractivity contribution in [3.05, 3.63) is 47.3 Å². The molecule has 0 fully saturated rings. The van der Waals surface area contributed by atoms with Crippen molar-refractivity contribution in [1.82, 2.24) is 9.97 Å². The SMILES string of the molecule is Cc1cnc(CNc2ccc(F)c(C)c2)[nH]1. The number of benzene rings is 1. The summed E-state index contributed by atoms with van der Waals surface area (Å²) in [5.74, 6) is 0.693. The first kappa shape index (κ1) is 10.7. The molecule has 1 aromatic carbocycles. The minimum Gasteiger partial charge on any atom is -0.378 e. The van der Waals surface area contributed by atoms with E-state index in [0.29, 0.717) is 12.1 Å². The van der Waals surface area contributed by atoms with Crippen LogP contribution in [-0.4, -0.2) is 9.97 Å². The Morgan fingerprint density at radius 3 is 2.81 bits per heavy atom. The van der Waals surface area contributed by atoms with Gasteiger partial charge in [0.2, 0.25) is 0 Å². The molecule has 0 amide bonds. The van der Waals surface area contributed by atoms with E-state index in [2.05, 4.69) is 15.3 Å². The first-order chi connectivity index (χ1) is 7.65. The smallest absolute Gasteiger partial charge is 0.126 e. The van der Waals surface area contributed by atoms with Crippen LogP contribution in [0.3, 0.4) is 0 Å². The number of aromatic nitrogens is 2. The molecule has 1 aromatic heterocycles. The third-order valence-electron chi connectivity index (χ3n) is 2.37. The van der Waals surface area contributed by atoms with Gasteiger partial charge < -0.3 is 10.3 Å². The average molecular weight is 219 g/mol. The zero-order chi connectivity index (χ0) is 11.5. The lowest BCUT2D eigenvalue weighted by atomic mass is 10.2. The number of halogens is 1. The van der Waals surface area contributed by atoms with Crippen molar-refractivity contribution in [3.63, 3.8) is 0 Å². The van der Waals surface area contributed by atoms with E-state index < -0.39 is 0 Å². The lowest BCUT2D eigenvalue weighted by Gasteiger charge is -2.05. The lowest BCUT2D eigenvalue weighted by Crippen LogP contribution is -2.01. The molecule has 1 heterocycles. The zero-order valence-electron chi connectivity index (χ0n) is 9.34. The van der Waals surface area contributed by atoms with E-state index in [0.717, 1.165) is 17.2 Å². The van der Waals surface area contributed by atoms with Gasteiger partial charge in [-0.25, -0.2) is 9.37 Å². The highest BCUT2D eigenvalue weighted by Crippen LogP contribution is 2.14. The fraction of sp³-hybridized carbons (Fsp3) is 0.250. The highest BCUT2D eigenvalue weighted by Gasteiger charge is 2.00. The quantitative estimate of drug-likeness (QED) is 0.833. The predicted molar refractivity (Wildman–Crippen MR) is 61.8 cm³/mol. The molecule has 3 nitrogen and oxygen atoms in total. The van der Waals surface area contributed by atoms with Gasteiger partial charge in [-0.3, -0.25) is 0 Å². The summed E-state index contributed by atoms with van der Waals surface area (Å²) in [4.78, 5) is 7.30. The van der Waals surface area contributed by atoms with Crippen LogP contribution < -0.4 is 5.32 Å². The monoisotopic (exact) mass is 219 g/mol. The number of hydrogen-bond donors (Lipinski definition) is 2. The number of rotatable bonds is 3. The Kier molecular flexibility index (Phi) is 2.90. The van der Waals surface area contributed by atoms with Crippen molar-refractivity contribution in [2.75, 3.05) is 5.32 Å². The van der Waals surface area contributed by atoms with Gasteiger partial charge in [0.15, 0.2) is 0 Å². The maximum absolute atomic E-state index is 13.0. The van der Waals surface area contributed by atoms with Crippen LogP contribution in [0.1, 0.15) is 17.1 Å². The molecule has 0 bridgehead atoms. The van der Waals surface area contributed by atoms with E-state index in [1.54, 1.807) is 25.3 Å². The molecule has 0 atom stereocenters. The first-order valence-electron chi connectivity index (χ1n) is 5.15. The normalized spacial score (nSPS) is 10.4. The zero-order valence-corrected chi connectivity index (χ0v) is 9.34. The molecule has 0 saturated heterocycles. The summed E-state index contributed by atoms with van der Waals surface area (Å²) in [6.45, 7) is 4.31. The summed E-state index contributed by atoms with van der Waals surface area (Å²) in [6, 6.07) is 4.97. The molecule has 16 heavy (non-hydrogen) atoms. The molecule has 0 unspecified atom stereocenters. The number of aryl methyl sites for hydroxylation is 2. The van der Waals surface area contributed by atoms with Crippen LogP contribution >= 0.6 is 0 Å². The number of aromatic amines is 1. The third kappa shape index (κ3) is 2.39. The molecule has 0 saturated carbocycles. The molecule has 2 aromatic rings. The van der Waals surface area contributed by atoms with Gasteiger partial charge in [0, 0.05) is 17.6 Å². The lowest BCUT2D eigenvalue weighted by molar-refractivity contribution is 0.618. The molecule has 84 valence electrons. The Bertz CT molecular complexity index is 491. The van der Waals surface area contributed by atoms with Gasteiger partial charge in [-0.2, -0.15) is 0 Å². The summed E-state index contributed by atoms with van der Waals surface area (Å²) in [5, 5.41) is 3.18. The largest absolute Gasteiger partial charge is 0.378 e. The van der Waals surface area contributed by atoms with Crippen molar-refractivity contribution < 1.29 is 4.39 Å². The molecule has 0 spiro atoms. The second-order valence-electron chi connectivity index (χ2n) is 3.83. The summed E-state index contributed by atoms with van der Waals surface area (Å²) in [5.41, 5.74) is 2.57. The standard InChI is InChI=1S/C12H14FN3/c1-8-5-10(3-4-11(8)13)14-7-12-15-6-9(2)16-12/h3-6,14H,7H2,1-2H3,(H,15,16). The molecule has 0 radical (unpaired) electrons. The van der Waals surface area contributed by atoms with Crippen LogP contribution in [-0.2, 0) is 6.54 Å². The molecule has 2 N–H and O–H groups in total. The van der Waals surface area contributed by atoms with Gasteiger partial charge in [0.1, 0.15) is 11.6 Å². The Morgan fingerprint density at radius 1 is 1.38 bits per heavy atom. The fourth-order valence-electron chi connectivity index (χ4n) is 1.50. The van der Waals surface area contributed by atoms with Crippen LogP contribution in [0.15, 0.2) is 24.4 Å². The van der Waals surface area contributed by atoms with Gasteiger partial charge in [-0.05, 0) is 37.6 Å². The molecule has 0 aliphatic rings. The average Bonchev–Trinajstić information content (AvgIpc) is 2.66. The van der Waals surface area contributed by atoms with Crippen LogP contribution in [0.5, 0.6) is 0 Å². The molecular weight excluding hydrogens is 205 g/mol. The summed E-state index contributed by atoms with van der Waals surface area (Å²) < 4.78 is 13.0. The highest BCUT2D eigenvalue weighted by molar-refractivity contribution is 5.45. The van der Waals surface area contributed by atoms with Gasteiger partial charge in [0.25, 0.3) is 0 Å². The molecule has 2 rings (SSSR count). The topological polar surface area (TPSA) is 40.7 Å². The maximum Gasteiger partial charge on any atom is 0.126 e. The highest BCUT2D eigenvalue weighted by atomic mass is 19.1. The van der Waals surface area contributed by atoms with Crippen molar-refractivity contribution in [2.24, 2.45) is 0 Å². The number of imidazole rings is 1. The number of hydrogen-bond acceptors (Lipinski definition) is 2. The maximum atomic E-state index is 13.0. The Hall–Kier alpha value is -1.84. The van der Waals surface area contributed by atoms with Gasteiger partial charge >= 0.3 is 0 Å². The molecule has 0 aliphatic carbocycles. The van der Waals surface area contributed by atoms with Gasteiger partial charge in [-0.15, -0.1) is 0 Å². The predicted octanol–water partition coefficient (Wildman–Crippen LogP) is 2.78. The molecule has 0 aliphatic heterocycles. The van der Waals surface area contributed by atoms with E-state index >= 15 is 0 Å². The summed E-state index contributed by atoms with van der Waals surface area (Å²) >= 11 is 0. The van der Waals surface area contributed by atoms with Crippen molar-refractivity contribution in [1.29, 1.82) is 0 Å². The second kappa shape index (κ2) is 4.35. The van der Waals surface area contributed by atoms with Gasteiger partial charge in [0.05, 0.1) is 6.54 Å². The number of nitrogens with one attached hydrogen (secondary N) is 2. The van der Waals surface area contributed by atoms with Crippen molar-refractivity contribution in [3.8, 4) is 0 Å². The van der Waals surface area contributed by atoms with E-state index in [4.69, 9.17) is 0 Å². The fourth-order valence-corrected chi connectivity index (χ4v) is 1.50. The number of nitrogens with zero attached hydrogens (tertiary/aromatic N) is 1. The van der Waals surface area contributed by atoms with E-state index in [-0.39, 0.29) is 5.82 Å². The Balaban J connectivity index is 2.02. The second-order valence-corrected chi connectivity index (χ2v) is 3.83.